The molecule has 3 aliphatic heterocycles. The smallest absolute Gasteiger partial charge is 0.201 e. The molecule has 0 aromatic carbocycles. The van der Waals surface area contributed by atoms with Crippen molar-refractivity contribution >= 4 is 5.96 Å². The van der Waals surface area contributed by atoms with Crippen molar-refractivity contribution in [1.82, 2.24) is 15.1 Å². The van der Waals surface area contributed by atoms with Crippen LogP contribution in [0.25, 0.3) is 0 Å². The highest BCUT2D eigenvalue weighted by molar-refractivity contribution is 5.83. The van der Waals surface area contributed by atoms with Gasteiger partial charge in [-0.3, -0.25) is 5.32 Å². The molecule has 2 saturated heterocycles. The van der Waals surface area contributed by atoms with Gasteiger partial charge in [0.2, 0.25) is 5.96 Å². The van der Waals surface area contributed by atoms with Crippen molar-refractivity contribution in [2.24, 2.45) is 4.99 Å². The van der Waals surface area contributed by atoms with E-state index in [1.54, 1.807) is 0 Å². The van der Waals surface area contributed by atoms with E-state index in [0.29, 0.717) is 0 Å². The monoisotopic (exact) mass is 292 g/mol. The molecule has 118 valence electrons. The lowest BCUT2D eigenvalue weighted by atomic mass is 9.99. The molecule has 3 heterocycles. The van der Waals surface area contributed by atoms with E-state index in [1.165, 1.54) is 38.5 Å². The average molecular weight is 292 g/mol. The summed E-state index contributed by atoms with van der Waals surface area (Å²) < 4.78 is 0. The predicted octanol–water partition coefficient (Wildman–Crippen LogP) is 2.08. The molecule has 0 amide bonds. The molecule has 0 radical (unpaired) electrons. The van der Waals surface area contributed by atoms with Gasteiger partial charge < -0.3 is 14.9 Å². The zero-order chi connectivity index (χ0) is 14.7. The Kier molecular flexibility index (Phi) is 4.38. The molecule has 5 heteroatoms. The average Bonchev–Trinajstić information content (AvgIpc) is 2.48. The molecule has 1 atom stereocenters. The van der Waals surface area contributed by atoms with Crippen LogP contribution in [0.2, 0.25) is 0 Å². The molecule has 3 rings (SSSR count). The second kappa shape index (κ2) is 6.26. The fraction of sp³-hybridized carbons (Fsp3) is 0.812. The molecule has 0 aliphatic carbocycles. The Hall–Kier alpha value is -1.23. The first-order valence-electron chi connectivity index (χ1n) is 8.41. The van der Waals surface area contributed by atoms with Crippen molar-refractivity contribution in [1.29, 1.82) is 0 Å². The van der Waals surface area contributed by atoms with Crippen LogP contribution in [0.4, 0.5) is 0 Å². The quantitative estimate of drug-likeness (QED) is 0.818. The first kappa shape index (κ1) is 14.7. The number of rotatable bonds is 2. The summed E-state index contributed by atoms with van der Waals surface area (Å²) in [6.45, 7) is 7.43. The largest absolute Gasteiger partial charge is 0.495 e. The summed E-state index contributed by atoms with van der Waals surface area (Å²) in [5.74, 6) is 1.11. The zero-order valence-corrected chi connectivity index (χ0v) is 13.1. The van der Waals surface area contributed by atoms with Crippen LogP contribution < -0.4 is 5.32 Å². The number of hydrogen-bond acceptors (Lipinski definition) is 5. The first-order chi connectivity index (χ1) is 10.1. The van der Waals surface area contributed by atoms with Gasteiger partial charge in [-0.25, -0.2) is 4.99 Å². The van der Waals surface area contributed by atoms with Gasteiger partial charge in [0.05, 0.1) is 5.54 Å². The van der Waals surface area contributed by atoms with Crippen LogP contribution in [0.15, 0.2) is 17.0 Å². The minimum atomic E-state index is -0.320. The van der Waals surface area contributed by atoms with Gasteiger partial charge in [0.15, 0.2) is 5.88 Å². The molecule has 0 spiro atoms. The van der Waals surface area contributed by atoms with Crippen LogP contribution >= 0.6 is 0 Å². The molecule has 21 heavy (non-hydrogen) atoms. The summed E-state index contributed by atoms with van der Waals surface area (Å²) in [7, 11) is 0. The van der Waals surface area contributed by atoms with Crippen molar-refractivity contribution in [2.45, 2.75) is 51.0 Å². The molecule has 0 saturated carbocycles. The van der Waals surface area contributed by atoms with E-state index in [-0.39, 0.29) is 11.4 Å². The van der Waals surface area contributed by atoms with Gasteiger partial charge in [-0.05, 0) is 52.1 Å². The van der Waals surface area contributed by atoms with E-state index >= 15 is 0 Å². The summed E-state index contributed by atoms with van der Waals surface area (Å²) in [6.07, 6.45) is 9.52. The van der Waals surface area contributed by atoms with Gasteiger partial charge in [0, 0.05) is 25.7 Å². The minimum Gasteiger partial charge on any atom is -0.495 e. The summed E-state index contributed by atoms with van der Waals surface area (Å²) >= 11 is 0. The Morgan fingerprint density at radius 3 is 2.38 bits per heavy atom. The van der Waals surface area contributed by atoms with E-state index in [1.807, 2.05) is 6.08 Å². The van der Waals surface area contributed by atoms with E-state index in [0.717, 1.165) is 38.7 Å². The molecule has 1 unspecified atom stereocenters. The topological polar surface area (TPSA) is 51.1 Å². The van der Waals surface area contributed by atoms with Gasteiger partial charge >= 0.3 is 0 Å². The fourth-order valence-corrected chi connectivity index (χ4v) is 3.65. The Bertz CT molecular complexity index is 422. The summed E-state index contributed by atoms with van der Waals surface area (Å²) in [6, 6.07) is 0. The molecular weight excluding hydrogens is 264 g/mol. The second-order valence-electron chi connectivity index (χ2n) is 6.83. The van der Waals surface area contributed by atoms with Crippen LogP contribution in [-0.4, -0.2) is 59.1 Å². The van der Waals surface area contributed by atoms with Crippen molar-refractivity contribution in [2.75, 3.05) is 32.7 Å². The Balaban J connectivity index is 1.71. The fourth-order valence-electron chi connectivity index (χ4n) is 3.65. The summed E-state index contributed by atoms with van der Waals surface area (Å²) in [5.41, 5.74) is -0.320. The van der Waals surface area contributed by atoms with Crippen LogP contribution in [0.1, 0.15) is 45.4 Å². The molecule has 2 fully saturated rings. The molecule has 2 N–H and O–H groups in total. The van der Waals surface area contributed by atoms with Crippen LogP contribution in [0, 0.1) is 0 Å². The number of likely N-dealkylation sites (tertiary alicyclic amines) is 2. The maximum Gasteiger partial charge on any atom is 0.201 e. The number of piperidine rings is 2. The van der Waals surface area contributed by atoms with Crippen LogP contribution in [-0.2, 0) is 0 Å². The number of aliphatic imine (C=N–C) groups is 1. The van der Waals surface area contributed by atoms with Crippen LogP contribution in [0.3, 0.4) is 0 Å². The molecule has 3 aliphatic rings. The molecular formula is C16H28N4O. The Labute approximate surface area is 127 Å². The minimum absolute atomic E-state index is 0.255. The molecule has 0 bridgehead atoms. The number of nitrogens with one attached hydrogen (secondary N) is 1. The van der Waals surface area contributed by atoms with Crippen LogP contribution in [0.5, 0.6) is 0 Å². The Morgan fingerprint density at radius 1 is 1.10 bits per heavy atom. The normalized spacial score (nSPS) is 31.4. The Morgan fingerprint density at radius 2 is 1.71 bits per heavy atom. The maximum absolute atomic E-state index is 10.1. The summed E-state index contributed by atoms with van der Waals surface area (Å²) in [5, 5.41) is 13.2. The van der Waals surface area contributed by atoms with Gasteiger partial charge in [0.25, 0.3) is 0 Å². The number of hydrogen-bond donors (Lipinski definition) is 2. The van der Waals surface area contributed by atoms with Crippen molar-refractivity contribution < 1.29 is 5.11 Å². The molecule has 0 aromatic heterocycles. The van der Waals surface area contributed by atoms with Gasteiger partial charge in [0.1, 0.15) is 0 Å². The number of aliphatic hydroxyl groups excluding tert-OH is 1. The third kappa shape index (κ3) is 3.70. The van der Waals surface area contributed by atoms with Gasteiger partial charge in [-0.1, -0.05) is 6.42 Å². The predicted molar refractivity (Wildman–Crippen MR) is 85.4 cm³/mol. The highest BCUT2D eigenvalue weighted by Crippen LogP contribution is 2.23. The van der Waals surface area contributed by atoms with E-state index < -0.39 is 0 Å². The highest BCUT2D eigenvalue weighted by atomic mass is 16.3. The van der Waals surface area contributed by atoms with Gasteiger partial charge in [-0.2, -0.15) is 0 Å². The van der Waals surface area contributed by atoms with E-state index in [4.69, 9.17) is 4.99 Å². The van der Waals surface area contributed by atoms with Gasteiger partial charge in [-0.15, -0.1) is 0 Å². The molecule has 5 nitrogen and oxygen atoms in total. The lowest BCUT2D eigenvalue weighted by Gasteiger charge is -2.38. The third-order valence-electron chi connectivity index (χ3n) is 4.70. The lowest BCUT2D eigenvalue weighted by Crippen LogP contribution is -2.51. The zero-order valence-electron chi connectivity index (χ0n) is 13.1. The van der Waals surface area contributed by atoms with Crippen molar-refractivity contribution in [3.63, 3.8) is 0 Å². The van der Waals surface area contributed by atoms with Crippen molar-refractivity contribution in [3.05, 3.63) is 12.0 Å². The SMILES string of the molecule is CC1(CN2CCCCC2)C=C(O)NC(N2CCCCC2)=N1. The lowest BCUT2D eigenvalue weighted by molar-refractivity contribution is 0.195. The number of guanidine groups is 1. The number of aliphatic hydroxyl groups is 1. The number of nitrogens with zero attached hydrogens (tertiary/aromatic N) is 3. The first-order valence-corrected chi connectivity index (χ1v) is 8.41. The second-order valence-corrected chi connectivity index (χ2v) is 6.83. The van der Waals surface area contributed by atoms with E-state index in [9.17, 15) is 5.11 Å². The summed E-state index contributed by atoms with van der Waals surface area (Å²) in [4.78, 5) is 9.70. The maximum atomic E-state index is 10.1. The third-order valence-corrected chi connectivity index (χ3v) is 4.70. The standard InChI is InChI=1S/C16H28N4O/c1-16(13-19-8-4-2-5-9-19)12-14(21)17-15(18-16)20-10-6-3-7-11-20/h12,21H,2-11,13H2,1H3,(H,17,18). The van der Waals surface area contributed by atoms with E-state index in [2.05, 4.69) is 22.0 Å². The highest BCUT2D eigenvalue weighted by Gasteiger charge is 2.31. The van der Waals surface area contributed by atoms with Crippen molar-refractivity contribution in [3.8, 4) is 0 Å². The molecule has 0 aromatic rings.